The van der Waals surface area contributed by atoms with Crippen molar-refractivity contribution in [1.29, 1.82) is 5.26 Å². The minimum absolute atomic E-state index is 0.184. The second-order valence-electron chi connectivity index (χ2n) is 4.20. The molecule has 2 rings (SSSR count). The molecule has 1 aliphatic rings. The zero-order valence-electron chi connectivity index (χ0n) is 8.46. The second kappa shape index (κ2) is 3.90. The minimum atomic E-state index is -0.223. The van der Waals surface area contributed by atoms with Gasteiger partial charge in [0, 0.05) is 24.1 Å². The van der Waals surface area contributed by atoms with E-state index in [0.717, 1.165) is 25.1 Å². The van der Waals surface area contributed by atoms with Crippen LogP contribution in [-0.4, -0.2) is 6.54 Å². The highest BCUT2D eigenvalue weighted by molar-refractivity contribution is 5.43. The zero-order valence-corrected chi connectivity index (χ0v) is 8.46. The Kier molecular flexibility index (Phi) is 2.59. The quantitative estimate of drug-likeness (QED) is 0.818. The van der Waals surface area contributed by atoms with E-state index in [1.54, 1.807) is 12.1 Å². The number of nitriles is 1. The molecule has 0 radical (unpaired) electrons. The van der Waals surface area contributed by atoms with E-state index in [2.05, 4.69) is 11.4 Å². The van der Waals surface area contributed by atoms with E-state index in [9.17, 15) is 4.39 Å². The van der Waals surface area contributed by atoms with E-state index in [-0.39, 0.29) is 11.2 Å². The van der Waals surface area contributed by atoms with Crippen LogP contribution in [0, 0.1) is 22.6 Å². The molecule has 0 aliphatic heterocycles. The average Bonchev–Trinajstić information content (AvgIpc) is 2.99. The molecule has 0 atom stereocenters. The van der Waals surface area contributed by atoms with Crippen LogP contribution in [0.1, 0.15) is 19.3 Å². The monoisotopic (exact) mass is 204 g/mol. The lowest BCUT2D eigenvalue weighted by atomic mass is 10.0. The fraction of sp³-hybridized carbons (Fsp3) is 0.417. The zero-order chi connectivity index (χ0) is 10.7. The van der Waals surface area contributed by atoms with Gasteiger partial charge in [0.15, 0.2) is 0 Å². The maximum atomic E-state index is 12.6. The highest BCUT2D eigenvalue weighted by Crippen LogP contribution is 2.48. The third-order valence-electron chi connectivity index (χ3n) is 2.92. The fourth-order valence-corrected chi connectivity index (χ4v) is 1.62. The molecule has 0 unspecified atom stereocenters. The second-order valence-corrected chi connectivity index (χ2v) is 4.20. The van der Waals surface area contributed by atoms with E-state index in [1.807, 2.05) is 0 Å². The first kappa shape index (κ1) is 9.97. The van der Waals surface area contributed by atoms with Crippen molar-refractivity contribution in [3.8, 4) is 6.07 Å². The van der Waals surface area contributed by atoms with Crippen LogP contribution in [0.4, 0.5) is 10.1 Å². The Balaban J connectivity index is 1.88. The summed E-state index contributed by atoms with van der Waals surface area (Å²) in [6.45, 7) is 0.812. The predicted molar refractivity (Wildman–Crippen MR) is 56.8 cm³/mol. The molecule has 1 N–H and O–H groups in total. The maximum absolute atomic E-state index is 12.6. The van der Waals surface area contributed by atoms with Crippen LogP contribution >= 0.6 is 0 Å². The number of rotatable bonds is 4. The summed E-state index contributed by atoms with van der Waals surface area (Å²) in [4.78, 5) is 0. The van der Waals surface area contributed by atoms with Crippen LogP contribution in [0.3, 0.4) is 0 Å². The van der Waals surface area contributed by atoms with Gasteiger partial charge in [-0.2, -0.15) is 5.26 Å². The molecule has 0 spiro atoms. The van der Waals surface area contributed by atoms with Crippen molar-refractivity contribution in [3.05, 3.63) is 30.1 Å². The van der Waals surface area contributed by atoms with Gasteiger partial charge in [0.05, 0.1) is 6.07 Å². The van der Waals surface area contributed by atoms with Gasteiger partial charge in [-0.1, -0.05) is 0 Å². The molecular weight excluding hydrogens is 191 g/mol. The Morgan fingerprint density at radius 2 is 2.00 bits per heavy atom. The van der Waals surface area contributed by atoms with Crippen LogP contribution in [-0.2, 0) is 0 Å². The number of benzene rings is 1. The van der Waals surface area contributed by atoms with Gasteiger partial charge in [-0.05, 0) is 37.1 Å². The van der Waals surface area contributed by atoms with Gasteiger partial charge in [0.25, 0.3) is 0 Å². The first-order valence-electron chi connectivity index (χ1n) is 5.11. The van der Waals surface area contributed by atoms with Crippen LogP contribution in [0.25, 0.3) is 0 Å². The molecule has 78 valence electrons. The SMILES string of the molecule is N#CCC1(CNc2ccc(F)cc2)CC1. The van der Waals surface area contributed by atoms with E-state index < -0.39 is 0 Å². The highest BCUT2D eigenvalue weighted by Gasteiger charge is 2.41. The summed E-state index contributed by atoms with van der Waals surface area (Å²) in [7, 11) is 0. The third-order valence-corrected chi connectivity index (χ3v) is 2.92. The van der Waals surface area contributed by atoms with Gasteiger partial charge in [0.2, 0.25) is 0 Å². The number of hydrogen-bond acceptors (Lipinski definition) is 2. The van der Waals surface area contributed by atoms with Crippen LogP contribution in [0.15, 0.2) is 24.3 Å². The van der Waals surface area contributed by atoms with Crippen molar-refractivity contribution in [3.63, 3.8) is 0 Å². The van der Waals surface area contributed by atoms with Gasteiger partial charge in [0.1, 0.15) is 5.82 Å². The van der Waals surface area contributed by atoms with Crippen LogP contribution in [0.5, 0.6) is 0 Å². The molecule has 1 aliphatic carbocycles. The van der Waals surface area contributed by atoms with Gasteiger partial charge >= 0.3 is 0 Å². The first-order valence-corrected chi connectivity index (χ1v) is 5.11. The average molecular weight is 204 g/mol. The maximum Gasteiger partial charge on any atom is 0.123 e. The summed E-state index contributed by atoms with van der Waals surface area (Å²) in [6, 6.07) is 8.53. The van der Waals surface area contributed by atoms with Gasteiger partial charge in [-0.15, -0.1) is 0 Å². The Morgan fingerprint density at radius 3 is 2.53 bits per heavy atom. The van der Waals surface area contributed by atoms with E-state index in [4.69, 9.17) is 5.26 Å². The summed E-state index contributed by atoms with van der Waals surface area (Å²) >= 11 is 0. The van der Waals surface area contributed by atoms with Crippen LogP contribution in [0.2, 0.25) is 0 Å². The largest absolute Gasteiger partial charge is 0.384 e. The molecule has 1 saturated carbocycles. The summed E-state index contributed by atoms with van der Waals surface area (Å²) in [6.07, 6.45) is 2.85. The molecule has 0 heterocycles. The number of nitrogens with one attached hydrogen (secondary N) is 1. The lowest BCUT2D eigenvalue weighted by Crippen LogP contribution is -2.14. The summed E-state index contributed by atoms with van der Waals surface area (Å²) in [5, 5.41) is 11.9. The van der Waals surface area contributed by atoms with E-state index in [1.165, 1.54) is 12.1 Å². The van der Waals surface area contributed by atoms with Crippen molar-refractivity contribution in [2.75, 3.05) is 11.9 Å². The molecule has 15 heavy (non-hydrogen) atoms. The van der Waals surface area contributed by atoms with Crippen molar-refractivity contribution < 1.29 is 4.39 Å². The highest BCUT2D eigenvalue weighted by atomic mass is 19.1. The standard InChI is InChI=1S/C12H13FN2/c13-10-1-3-11(4-2-10)15-9-12(5-6-12)7-8-14/h1-4,15H,5-7,9H2. The van der Waals surface area contributed by atoms with Crippen molar-refractivity contribution in [2.24, 2.45) is 5.41 Å². The van der Waals surface area contributed by atoms with E-state index >= 15 is 0 Å². The smallest absolute Gasteiger partial charge is 0.123 e. The lowest BCUT2D eigenvalue weighted by Gasteiger charge is -2.13. The Labute approximate surface area is 88.7 Å². The molecule has 2 nitrogen and oxygen atoms in total. The molecule has 0 saturated heterocycles. The van der Waals surface area contributed by atoms with Crippen molar-refractivity contribution in [2.45, 2.75) is 19.3 Å². The molecule has 0 bridgehead atoms. The summed E-state index contributed by atoms with van der Waals surface area (Å²) < 4.78 is 12.6. The van der Waals surface area contributed by atoms with Crippen molar-refractivity contribution >= 4 is 5.69 Å². The molecule has 3 heteroatoms. The van der Waals surface area contributed by atoms with Crippen molar-refractivity contribution in [1.82, 2.24) is 0 Å². The Hall–Kier alpha value is -1.56. The number of anilines is 1. The van der Waals surface area contributed by atoms with Gasteiger partial charge < -0.3 is 5.32 Å². The number of nitrogens with zero attached hydrogens (tertiary/aromatic N) is 1. The fourth-order valence-electron chi connectivity index (χ4n) is 1.62. The first-order chi connectivity index (χ1) is 7.24. The molecule has 0 amide bonds. The minimum Gasteiger partial charge on any atom is -0.384 e. The lowest BCUT2D eigenvalue weighted by molar-refractivity contribution is 0.557. The third kappa shape index (κ3) is 2.47. The summed E-state index contributed by atoms with van der Waals surface area (Å²) in [5.74, 6) is -0.223. The Morgan fingerprint density at radius 1 is 1.33 bits per heavy atom. The normalized spacial score (nSPS) is 16.8. The molecule has 1 fully saturated rings. The molecule has 1 aromatic carbocycles. The van der Waals surface area contributed by atoms with E-state index in [0.29, 0.717) is 6.42 Å². The predicted octanol–water partition coefficient (Wildman–Crippen LogP) is 2.93. The Bertz CT molecular complexity index is 374. The van der Waals surface area contributed by atoms with Crippen LogP contribution < -0.4 is 5.32 Å². The molecular formula is C12H13FN2. The molecule has 1 aromatic rings. The molecule has 0 aromatic heterocycles. The van der Waals surface area contributed by atoms with Gasteiger partial charge in [-0.3, -0.25) is 0 Å². The van der Waals surface area contributed by atoms with Gasteiger partial charge in [-0.25, -0.2) is 4.39 Å². The topological polar surface area (TPSA) is 35.8 Å². The number of hydrogen-bond donors (Lipinski definition) is 1. The number of halogens is 1. The summed E-state index contributed by atoms with van der Waals surface area (Å²) in [5.41, 5.74) is 1.10.